The van der Waals surface area contributed by atoms with Crippen LogP contribution in [0.1, 0.15) is 11.1 Å². The minimum Gasteiger partial charge on any atom is -0.378 e. The van der Waals surface area contributed by atoms with Crippen LogP contribution < -0.4 is 10.2 Å². The topological polar surface area (TPSA) is 68.1 Å². The first kappa shape index (κ1) is 21.2. The van der Waals surface area contributed by atoms with Crippen molar-refractivity contribution in [2.45, 2.75) is 12.7 Å². The van der Waals surface area contributed by atoms with Gasteiger partial charge in [0.2, 0.25) is 5.95 Å². The number of nitrogens with zero attached hydrogens (tertiary/aromatic N) is 5. The third-order valence-corrected chi connectivity index (χ3v) is 5.42. The molecule has 0 unspecified atom stereocenters. The molecule has 4 aromatic rings. The Balaban J connectivity index is 1.52. The molecule has 1 fully saturated rings. The van der Waals surface area contributed by atoms with Crippen LogP contribution in [0.25, 0.3) is 11.2 Å². The van der Waals surface area contributed by atoms with Gasteiger partial charge in [0.25, 0.3) is 0 Å². The van der Waals surface area contributed by atoms with E-state index in [1.54, 1.807) is 6.33 Å². The number of morpholine rings is 1. The fraction of sp³-hybridized carbons (Fsp3) is 0.261. The molecule has 5 rings (SSSR count). The summed E-state index contributed by atoms with van der Waals surface area (Å²) in [5, 5.41) is 3.32. The highest BCUT2D eigenvalue weighted by atomic mass is 19.4. The third kappa shape index (κ3) is 4.61. The van der Waals surface area contributed by atoms with E-state index in [9.17, 15) is 13.2 Å². The lowest BCUT2D eigenvalue weighted by Gasteiger charge is -2.27. The summed E-state index contributed by atoms with van der Waals surface area (Å²) in [5.74, 6) is 1.12. The van der Waals surface area contributed by atoms with Crippen LogP contribution in [-0.2, 0) is 17.5 Å². The number of para-hydroxylation sites is 1. The third-order valence-electron chi connectivity index (χ3n) is 5.42. The average Bonchev–Trinajstić information content (AvgIpc) is 3.23. The predicted octanol–water partition coefficient (Wildman–Crippen LogP) is 4.47. The molecule has 3 heterocycles. The number of imidazole rings is 1. The number of fused-ring (bicyclic) bond motifs is 1. The van der Waals surface area contributed by atoms with Gasteiger partial charge < -0.3 is 19.5 Å². The minimum absolute atomic E-state index is 0.332. The van der Waals surface area contributed by atoms with E-state index in [-0.39, 0.29) is 0 Å². The molecule has 33 heavy (non-hydrogen) atoms. The standard InChI is InChI=1S/C23H21F3N6O/c24-23(25,26)17-8-6-16(7-9-17)14-32-15-27-19-20(28-18-4-2-1-3-5-18)29-22(30-21(19)32)31-10-12-33-13-11-31/h1-9,15H,10-14H2,(H,28,29,30). The Morgan fingerprint density at radius 1 is 0.939 bits per heavy atom. The van der Waals surface area contributed by atoms with Crippen LogP contribution in [0.15, 0.2) is 60.9 Å². The van der Waals surface area contributed by atoms with Gasteiger partial charge >= 0.3 is 6.18 Å². The molecular weight excluding hydrogens is 433 g/mol. The highest BCUT2D eigenvalue weighted by Crippen LogP contribution is 2.30. The van der Waals surface area contributed by atoms with Crippen molar-refractivity contribution in [2.75, 3.05) is 36.5 Å². The van der Waals surface area contributed by atoms with Crippen LogP contribution in [-0.4, -0.2) is 45.8 Å². The summed E-state index contributed by atoms with van der Waals surface area (Å²) in [6.45, 7) is 2.85. The number of alkyl halides is 3. The summed E-state index contributed by atoms with van der Waals surface area (Å²) in [4.78, 5) is 16.0. The van der Waals surface area contributed by atoms with Gasteiger partial charge in [-0.25, -0.2) is 4.98 Å². The molecule has 1 aliphatic heterocycles. The maximum Gasteiger partial charge on any atom is 0.416 e. The zero-order valence-electron chi connectivity index (χ0n) is 17.6. The van der Waals surface area contributed by atoms with Crippen molar-refractivity contribution >= 4 is 28.6 Å². The number of hydrogen-bond donors (Lipinski definition) is 1. The summed E-state index contributed by atoms with van der Waals surface area (Å²) < 4.78 is 46.0. The number of aromatic nitrogens is 4. The smallest absolute Gasteiger partial charge is 0.378 e. The quantitative estimate of drug-likeness (QED) is 0.480. The van der Waals surface area contributed by atoms with Gasteiger partial charge in [0.15, 0.2) is 17.0 Å². The van der Waals surface area contributed by atoms with Crippen LogP contribution in [0.2, 0.25) is 0 Å². The lowest BCUT2D eigenvalue weighted by molar-refractivity contribution is -0.137. The molecule has 0 amide bonds. The zero-order chi connectivity index (χ0) is 22.8. The minimum atomic E-state index is -4.36. The van der Waals surface area contributed by atoms with Crippen molar-refractivity contribution in [1.29, 1.82) is 0 Å². The van der Waals surface area contributed by atoms with Crippen LogP contribution >= 0.6 is 0 Å². The normalized spacial score (nSPS) is 14.6. The molecule has 0 saturated carbocycles. The van der Waals surface area contributed by atoms with Gasteiger partial charge in [-0.2, -0.15) is 23.1 Å². The fourth-order valence-corrected chi connectivity index (χ4v) is 3.69. The second-order valence-electron chi connectivity index (χ2n) is 7.70. The average molecular weight is 454 g/mol. The first-order chi connectivity index (χ1) is 16.0. The Hall–Kier alpha value is -3.66. The molecule has 2 aromatic heterocycles. The maximum atomic E-state index is 12.9. The summed E-state index contributed by atoms with van der Waals surface area (Å²) >= 11 is 0. The Kier molecular flexibility index (Phi) is 5.59. The predicted molar refractivity (Wildman–Crippen MR) is 119 cm³/mol. The molecule has 0 aliphatic carbocycles. The van der Waals surface area contributed by atoms with Gasteiger partial charge in [-0.3, -0.25) is 0 Å². The maximum absolute atomic E-state index is 12.9. The molecule has 1 saturated heterocycles. The number of anilines is 3. The zero-order valence-corrected chi connectivity index (χ0v) is 17.6. The van der Waals surface area contributed by atoms with Crippen LogP contribution in [0.5, 0.6) is 0 Å². The molecule has 10 heteroatoms. The van der Waals surface area contributed by atoms with E-state index in [1.807, 2.05) is 34.9 Å². The number of ether oxygens (including phenoxy) is 1. The lowest BCUT2D eigenvalue weighted by Crippen LogP contribution is -2.37. The van der Waals surface area contributed by atoms with Gasteiger partial charge in [-0.15, -0.1) is 0 Å². The van der Waals surface area contributed by atoms with E-state index in [2.05, 4.69) is 15.2 Å². The second-order valence-corrected chi connectivity index (χ2v) is 7.70. The summed E-state index contributed by atoms with van der Waals surface area (Å²) in [6, 6.07) is 14.8. The molecule has 170 valence electrons. The molecular formula is C23H21F3N6O. The van der Waals surface area contributed by atoms with E-state index < -0.39 is 11.7 Å². The summed E-state index contributed by atoms with van der Waals surface area (Å²) in [7, 11) is 0. The Morgan fingerprint density at radius 2 is 1.67 bits per heavy atom. The molecule has 1 N–H and O–H groups in total. The van der Waals surface area contributed by atoms with Gasteiger partial charge in [0, 0.05) is 18.8 Å². The van der Waals surface area contributed by atoms with Gasteiger partial charge in [-0.05, 0) is 29.8 Å². The van der Waals surface area contributed by atoms with E-state index >= 15 is 0 Å². The van der Waals surface area contributed by atoms with Crippen LogP contribution in [0.3, 0.4) is 0 Å². The van der Waals surface area contributed by atoms with E-state index in [1.165, 1.54) is 12.1 Å². The van der Waals surface area contributed by atoms with Crippen molar-refractivity contribution < 1.29 is 17.9 Å². The molecule has 2 aromatic carbocycles. The van der Waals surface area contributed by atoms with Crippen molar-refractivity contribution in [1.82, 2.24) is 19.5 Å². The number of nitrogens with one attached hydrogen (secondary N) is 1. The van der Waals surface area contributed by atoms with Crippen LogP contribution in [0.4, 0.5) is 30.6 Å². The van der Waals surface area contributed by atoms with Crippen molar-refractivity contribution in [2.24, 2.45) is 0 Å². The highest BCUT2D eigenvalue weighted by molar-refractivity contribution is 5.86. The molecule has 0 radical (unpaired) electrons. The first-order valence-electron chi connectivity index (χ1n) is 10.5. The number of hydrogen-bond acceptors (Lipinski definition) is 6. The molecule has 0 spiro atoms. The van der Waals surface area contributed by atoms with Crippen LogP contribution in [0, 0.1) is 0 Å². The van der Waals surface area contributed by atoms with Gasteiger partial charge in [-0.1, -0.05) is 30.3 Å². The summed E-state index contributed by atoms with van der Waals surface area (Å²) in [6.07, 6.45) is -2.73. The first-order valence-corrected chi connectivity index (χ1v) is 10.5. The molecule has 7 nitrogen and oxygen atoms in total. The molecule has 1 aliphatic rings. The molecule has 0 bridgehead atoms. The Labute approximate surface area is 187 Å². The second kappa shape index (κ2) is 8.70. The number of rotatable bonds is 5. The van der Waals surface area contributed by atoms with Crippen molar-refractivity contribution in [3.63, 3.8) is 0 Å². The summed E-state index contributed by atoms with van der Waals surface area (Å²) in [5.41, 5.74) is 2.09. The van der Waals surface area contributed by atoms with Crippen molar-refractivity contribution in [3.8, 4) is 0 Å². The monoisotopic (exact) mass is 454 g/mol. The SMILES string of the molecule is FC(F)(F)c1ccc(Cn2cnc3c(Nc4ccccc4)nc(N4CCOCC4)nc32)cc1. The Morgan fingerprint density at radius 3 is 2.36 bits per heavy atom. The van der Waals surface area contributed by atoms with E-state index in [4.69, 9.17) is 14.7 Å². The lowest BCUT2D eigenvalue weighted by atomic mass is 10.1. The van der Waals surface area contributed by atoms with Gasteiger partial charge in [0.1, 0.15) is 0 Å². The number of benzene rings is 2. The van der Waals surface area contributed by atoms with Gasteiger partial charge in [0.05, 0.1) is 31.6 Å². The highest BCUT2D eigenvalue weighted by Gasteiger charge is 2.30. The Bertz CT molecular complexity index is 1240. The largest absolute Gasteiger partial charge is 0.416 e. The van der Waals surface area contributed by atoms with E-state index in [0.717, 1.165) is 17.8 Å². The fourth-order valence-electron chi connectivity index (χ4n) is 3.69. The van der Waals surface area contributed by atoms with Crippen molar-refractivity contribution in [3.05, 3.63) is 72.1 Å². The van der Waals surface area contributed by atoms with E-state index in [0.29, 0.717) is 61.3 Å². The molecule has 0 atom stereocenters. The number of halogens is 3.